The maximum absolute atomic E-state index is 11.6. The van der Waals surface area contributed by atoms with Gasteiger partial charge < -0.3 is 15.6 Å². The highest BCUT2D eigenvalue weighted by molar-refractivity contribution is 5.78. The molecule has 2 unspecified atom stereocenters. The monoisotopic (exact) mass is 224 g/mol. The Hall–Kier alpha value is -1.36. The molecule has 5 heteroatoms. The summed E-state index contributed by atoms with van der Waals surface area (Å²) in [4.78, 5) is 15.8. The Morgan fingerprint density at radius 3 is 2.81 bits per heavy atom. The fourth-order valence-electron chi connectivity index (χ4n) is 1.33. The van der Waals surface area contributed by atoms with Crippen molar-refractivity contribution in [3.63, 3.8) is 0 Å². The van der Waals surface area contributed by atoms with E-state index in [0.717, 1.165) is 12.2 Å². The first-order valence-electron chi connectivity index (χ1n) is 5.52. The lowest BCUT2D eigenvalue weighted by atomic mass is 10.0. The summed E-state index contributed by atoms with van der Waals surface area (Å²) in [6.07, 6.45) is 4.38. The number of amides is 1. The molecular formula is C11H20N4O. The Kier molecular flexibility index (Phi) is 4.49. The van der Waals surface area contributed by atoms with E-state index in [9.17, 15) is 4.79 Å². The average Bonchev–Trinajstić information content (AvgIpc) is 2.63. The molecule has 90 valence electrons. The van der Waals surface area contributed by atoms with E-state index in [4.69, 9.17) is 5.73 Å². The molecule has 1 aromatic heterocycles. The van der Waals surface area contributed by atoms with Crippen LogP contribution in [0.2, 0.25) is 0 Å². The van der Waals surface area contributed by atoms with Gasteiger partial charge >= 0.3 is 0 Å². The fraction of sp³-hybridized carbons (Fsp3) is 0.636. The van der Waals surface area contributed by atoms with E-state index < -0.39 is 0 Å². The largest absolute Gasteiger partial charge is 0.355 e. The Morgan fingerprint density at radius 1 is 1.62 bits per heavy atom. The third-order valence-corrected chi connectivity index (χ3v) is 2.77. The minimum atomic E-state index is -0.152. The van der Waals surface area contributed by atoms with Gasteiger partial charge in [-0.25, -0.2) is 4.98 Å². The van der Waals surface area contributed by atoms with Gasteiger partial charge in [-0.1, -0.05) is 6.92 Å². The van der Waals surface area contributed by atoms with Crippen LogP contribution in [0, 0.1) is 5.92 Å². The van der Waals surface area contributed by atoms with Crippen molar-refractivity contribution in [2.45, 2.75) is 26.3 Å². The third kappa shape index (κ3) is 3.34. The van der Waals surface area contributed by atoms with Crippen LogP contribution in [0.3, 0.4) is 0 Å². The molecule has 0 aliphatic rings. The summed E-state index contributed by atoms with van der Waals surface area (Å²) in [7, 11) is 1.94. The number of carbonyl (C=O) groups excluding carboxylic acids is 1. The molecule has 0 aliphatic heterocycles. The second kappa shape index (κ2) is 5.65. The first-order valence-corrected chi connectivity index (χ1v) is 5.52. The lowest BCUT2D eigenvalue weighted by molar-refractivity contribution is -0.124. The highest BCUT2D eigenvalue weighted by Crippen LogP contribution is 1.99. The Morgan fingerprint density at radius 2 is 2.31 bits per heavy atom. The van der Waals surface area contributed by atoms with Crippen LogP contribution in [0.5, 0.6) is 0 Å². The van der Waals surface area contributed by atoms with Crippen molar-refractivity contribution in [3.8, 4) is 0 Å². The lowest BCUT2D eigenvalue weighted by Crippen LogP contribution is -2.39. The summed E-state index contributed by atoms with van der Waals surface area (Å²) >= 11 is 0. The van der Waals surface area contributed by atoms with Gasteiger partial charge in [0.1, 0.15) is 5.82 Å². The molecule has 1 aromatic rings. The van der Waals surface area contributed by atoms with Gasteiger partial charge in [-0.15, -0.1) is 0 Å². The molecule has 0 radical (unpaired) electrons. The number of carbonyl (C=O) groups is 1. The second-order valence-corrected chi connectivity index (χ2v) is 4.14. The molecule has 1 amide bonds. The van der Waals surface area contributed by atoms with Crippen molar-refractivity contribution in [2.75, 3.05) is 6.54 Å². The molecule has 1 heterocycles. The SMILES string of the molecule is CC(N)C(C)C(=O)NCCc1nccn1C. The van der Waals surface area contributed by atoms with Crippen molar-refractivity contribution >= 4 is 5.91 Å². The molecule has 0 aromatic carbocycles. The quantitative estimate of drug-likeness (QED) is 0.743. The van der Waals surface area contributed by atoms with E-state index in [1.54, 1.807) is 6.20 Å². The topological polar surface area (TPSA) is 72.9 Å². The van der Waals surface area contributed by atoms with Crippen LogP contribution in [0.15, 0.2) is 12.4 Å². The van der Waals surface area contributed by atoms with Crippen LogP contribution < -0.4 is 11.1 Å². The molecule has 0 saturated carbocycles. The first-order chi connectivity index (χ1) is 7.52. The van der Waals surface area contributed by atoms with Crippen molar-refractivity contribution in [1.29, 1.82) is 0 Å². The lowest BCUT2D eigenvalue weighted by Gasteiger charge is -2.15. The maximum Gasteiger partial charge on any atom is 0.224 e. The molecule has 0 spiro atoms. The van der Waals surface area contributed by atoms with Crippen LogP contribution in [-0.2, 0) is 18.3 Å². The average molecular weight is 224 g/mol. The van der Waals surface area contributed by atoms with Crippen molar-refractivity contribution in [3.05, 3.63) is 18.2 Å². The number of aryl methyl sites for hydroxylation is 1. The smallest absolute Gasteiger partial charge is 0.224 e. The summed E-state index contributed by atoms with van der Waals surface area (Å²) in [5, 5.41) is 2.86. The summed E-state index contributed by atoms with van der Waals surface area (Å²) in [5.74, 6) is 0.819. The molecule has 0 fully saturated rings. The molecule has 2 atom stereocenters. The van der Waals surface area contributed by atoms with Crippen molar-refractivity contribution in [1.82, 2.24) is 14.9 Å². The predicted octanol–water partition coefficient (Wildman–Crippen LogP) is 0.0621. The van der Waals surface area contributed by atoms with E-state index in [1.165, 1.54) is 0 Å². The van der Waals surface area contributed by atoms with E-state index >= 15 is 0 Å². The minimum absolute atomic E-state index is 0.00390. The van der Waals surface area contributed by atoms with Crippen LogP contribution in [0.25, 0.3) is 0 Å². The van der Waals surface area contributed by atoms with E-state index in [0.29, 0.717) is 6.54 Å². The number of aromatic nitrogens is 2. The van der Waals surface area contributed by atoms with Gasteiger partial charge in [0.05, 0.1) is 0 Å². The molecule has 0 aliphatic carbocycles. The van der Waals surface area contributed by atoms with Crippen LogP contribution in [0.4, 0.5) is 0 Å². The normalized spacial score (nSPS) is 14.5. The number of hydrogen-bond acceptors (Lipinski definition) is 3. The first kappa shape index (κ1) is 12.7. The summed E-state index contributed by atoms with van der Waals surface area (Å²) in [6, 6.07) is -0.117. The molecule has 1 rings (SSSR count). The Balaban J connectivity index is 2.31. The molecular weight excluding hydrogens is 204 g/mol. The molecule has 5 nitrogen and oxygen atoms in total. The number of nitrogens with one attached hydrogen (secondary N) is 1. The standard InChI is InChI=1S/C11H20N4O/c1-8(9(2)12)11(16)14-5-4-10-13-6-7-15(10)3/h6-9H,4-5,12H2,1-3H3,(H,14,16). The van der Waals surface area contributed by atoms with Gasteiger partial charge in [-0.2, -0.15) is 0 Å². The molecule has 16 heavy (non-hydrogen) atoms. The zero-order valence-corrected chi connectivity index (χ0v) is 10.1. The van der Waals surface area contributed by atoms with E-state index in [-0.39, 0.29) is 17.9 Å². The second-order valence-electron chi connectivity index (χ2n) is 4.14. The number of imidazole rings is 1. The van der Waals surface area contributed by atoms with Crippen LogP contribution >= 0.6 is 0 Å². The summed E-state index contributed by atoms with van der Waals surface area (Å²) in [5.41, 5.74) is 5.65. The molecule has 0 saturated heterocycles. The van der Waals surface area contributed by atoms with Gasteiger partial charge in [0, 0.05) is 44.4 Å². The van der Waals surface area contributed by atoms with Crippen molar-refractivity contribution in [2.24, 2.45) is 18.7 Å². The number of hydrogen-bond donors (Lipinski definition) is 2. The molecule has 0 bridgehead atoms. The van der Waals surface area contributed by atoms with Gasteiger partial charge in [0.2, 0.25) is 5.91 Å². The maximum atomic E-state index is 11.6. The Bertz CT molecular complexity index is 346. The third-order valence-electron chi connectivity index (χ3n) is 2.77. The van der Waals surface area contributed by atoms with Crippen LogP contribution in [-0.4, -0.2) is 28.0 Å². The number of rotatable bonds is 5. The highest BCUT2D eigenvalue weighted by Gasteiger charge is 2.16. The zero-order valence-electron chi connectivity index (χ0n) is 10.1. The number of nitrogens with two attached hydrogens (primary N) is 1. The zero-order chi connectivity index (χ0) is 12.1. The predicted molar refractivity (Wildman–Crippen MR) is 62.7 cm³/mol. The fourth-order valence-corrected chi connectivity index (χ4v) is 1.33. The van der Waals surface area contributed by atoms with Gasteiger partial charge in [0.15, 0.2) is 0 Å². The van der Waals surface area contributed by atoms with E-state index in [1.807, 2.05) is 31.7 Å². The number of nitrogens with zero attached hydrogens (tertiary/aromatic N) is 2. The van der Waals surface area contributed by atoms with Gasteiger partial charge in [-0.05, 0) is 6.92 Å². The molecule has 3 N–H and O–H groups in total. The minimum Gasteiger partial charge on any atom is -0.355 e. The van der Waals surface area contributed by atoms with Crippen LogP contribution in [0.1, 0.15) is 19.7 Å². The highest BCUT2D eigenvalue weighted by atomic mass is 16.1. The van der Waals surface area contributed by atoms with Gasteiger partial charge in [0.25, 0.3) is 0 Å². The van der Waals surface area contributed by atoms with E-state index in [2.05, 4.69) is 10.3 Å². The summed E-state index contributed by atoms with van der Waals surface area (Å²) < 4.78 is 1.95. The Labute approximate surface area is 96.0 Å². The summed E-state index contributed by atoms with van der Waals surface area (Å²) in [6.45, 7) is 4.27. The van der Waals surface area contributed by atoms with Gasteiger partial charge in [-0.3, -0.25) is 4.79 Å². The van der Waals surface area contributed by atoms with Crippen molar-refractivity contribution < 1.29 is 4.79 Å².